The number of carbonyl (C=O) groups is 1. The second-order valence-electron chi connectivity index (χ2n) is 3.93. The van der Waals surface area contributed by atoms with E-state index in [1.165, 1.54) is 11.3 Å². The Balaban J connectivity index is 2.23. The Hall–Kier alpha value is -1.19. The molecule has 0 saturated carbocycles. The summed E-state index contributed by atoms with van der Waals surface area (Å²) in [5, 5.41) is 2.48. The number of halogens is 1. The van der Waals surface area contributed by atoms with E-state index in [0.717, 1.165) is 16.8 Å². The number of thiophene rings is 1. The third-order valence-electron chi connectivity index (χ3n) is 2.60. The largest absolute Gasteiger partial charge is 0.293 e. The lowest BCUT2D eigenvalue weighted by molar-refractivity contribution is 0.0995. The van der Waals surface area contributed by atoms with Crippen molar-refractivity contribution in [3.63, 3.8) is 0 Å². The second-order valence-corrected chi connectivity index (χ2v) is 5.19. The van der Waals surface area contributed by atoms with E-state index in [1.807, 2.05) is 31.4 Å². The SMILES string of the molecule is Cc1cccnc1CC(=O)c1scc(C)c1Cl. The summed E-state index contributed by atoms with van der Waals surface area (Å²) in [6.45, 7) is 3.86. The zero-order valence-electron chi connectivity index (χ0n) is 9.66. The molecule has 0 bridgehead atoms. The Bertz CT molecular complexity index is 562. The van der Waals surface area contributed by atoms with Crippen LogP contribution in [0.15, 0.2) is 23.7 Å². The van der Waals surface area contributed by atoms with Crippen LogP contribution >= 0.6 is 22.9 Å². The van der Waals surface area contributed by atoms with E-state index in [0.29, 0.717) is 16.3 Å². The molecule has 2 aromatic rings. The molecule has 0 saturated heterocycles. The van der Waals surface area contributed by atoms with Gasteiger partial charge >= 0.3 is 0 Å². The van der Waals surface area contributed by atoms with Crippen molar-refractivity contribution in [2.45, 2.75) is 20.3 Å². The lowest BCUT2D eigenvalue weighted by atomic mass is 10.1. The van der Waals surface area contributed by atoms with Gasteiger partial charge in [0.25, 0.3) is 0 Å². The molecule has 0 unspecified atom stereocenters. The van der Waals surface area contributed by atoms with E-state index in [-0.39, 0.29) is 5.78 Å². The first kappa shape index (κ1) is 12.3. The molecule has 0 amide bonds. The fraction of sp³-hybridized carbons (Fsp3) is 0.231. The first-order valence-electron chi connectivity index (χ1n) is 5.27. The lowest BCUT2D eigenvalue weighted by Gasteiger charge is -2.02. The van der Waals surface area contributed by atoms with Gasteiger partial charge in [-0.15, -0.1) is 11.3 Å². The van der Waals surface area contributed by atoms with E-state index < -0.39 is 0 Å². The van der Waals surface area contributed by atoms with Gasteiger partial charge in [-0.2, -0.15) is 0 Å². The highest BCUT2D eigenvalue weighted by atomic mass is 35.5. The molecule has 0 aliphatic heterocycles. The third kappa shape index (κ3) is 2.56. The molecule has 0 atom stereocenters. The molecule has 2 rings (SSSR count). The van der Waals surface area contributed by atoms with Crippen molar-refractivity contribution in [1.82, 2.24) is 4.98 Å². The highest BCUT2D eigenvalue weighted by molar-refractivity contribution is 7.13. The Morgan fingerprint density at radius 2 is 2.18 bits per heavy atom. The van der Waals surface area contributed by atoms with Gasteiger partial charge in [0.05, 0.1) is 22.0 Å². The predicted octanol–water partition coefficient (Wildman–Crippen LogP) is 3.84. The van der Waals surface area contributed by atoms with Crippen molar-refractivity contribution in [3.8, 4) is 0 Å². The van der Waals surface area contributed by atoms with E-state index in [9.17, 15) is 4.79 Å². The number of hydrogen-bond acceptors (Lipinski definition) is 3. The van der Waals surface area contributed by atoms with Crippen LogP contribution in [0, 0.1) is 13.8 Å². The van der Waals surface area contributed by atoms with Crippen LogP contribution in [0.1, 0.15) is 26.5 Å². The van der Waals surface area contributed by atoms with Crippen molar-refractivity contribution in [2.75, 3.05) is 0 Å². The average molecular weight is 266 g/mol. The fourth-order valence-corrected chi connectivity index (χ4v) is 2.79. The highest BCUT2D eigenvalue weighted by Gasteiger charge is 2.16. The maximum Gasteiger partial charge on any atom is 0.180 e. The molecule has 0 aliphatic carbocycles. The summed E-state index contributed by atoms with van der Waals surface area (Å²) in [4.78, 5) is 16.9. The van der Waals surface area contributed by atoms with Crippen LogP contribution < -0.4 is 0 Å². The van der Waals surface area contributed by atoms with Crippen LogP contribution in [0.3, 0.4) is 0 Å². The van der Waals surface area contributed by atoms with Crippen LogP contribution in [0.5, 0.6) is 0 Å². The second kappa shape index (κ2) is 4.98. The number of aromatic nitrogens is 1. The molecule has 0 aliphatic rings. The van der Waals surface area contributed by atoms with Gasteiger partial charge in [-0.25, -0.2) is 0 Å². The maximum atomic E-state index is 12.1. The molecule has 0 fully saturated rings. The predicted molar refractivity (Wildman–Crippen MR) is 71.1 cm³/mol. The molecular weight excluding hydrogens is 254 g/mol. The minimum absolute atomic E-state index is 0.0369. The van der Waals surface area contributed by atoms with Gasteiger partial charge in [0.15, 0.2) is 5.78 Å². The van der Waals surface area contributed by atoms with Crippen molar-refractivity contribution < 1.29 is 4.79 Å². The molecule has 2 nitrogen and oxygen atoms in total. The van der Waals surface area contributed by atoms with Crippen molar-refractivity contribution >= 4 is 28.7 Å². The average Bonchev–Trinajstić information content (AvgIpc) is 2.63. The topological polar surface area (TPSA) is 30.0 Å². The van der Waals surface area contributed by atoms with Crippen LogP contribution in [0.25, 0.3) is 0 Å². The normalized spacial score (nSPS) is 10.5. The molecule has 17 heavy (non-hydrogen) atoms. The molecule has 88 valence electrons. The number of Topliss-reactive ketones (excluding diaryl/α,β-unsaturated/α-hetero) is 1. The number of pyridine rings is 1. The molecule has 2 heterocycles. The monoisotopic (exact) mass is 265 g/mol. The first-order chi connectivity index (χ1) is 8.09. The van der Waals surface area contributed by atoms with Gasteiger partial charge in [-0.05, 0) is 36.4 Å². The maximum absolute atomic E-state index is 12.1. The van der Waals surface area contributed by atoms with Gasteiger partial charge in [-0.3, -0.25) is 9.78 Å². The number of carbonyl (C=O) groups excluding carboxylic acids is 1. The standard InChI is InChI=1S/C13H12ClNOS/c1-8-4-3-5-15-10(8)6-11(16)13-12(14)9(2)7-17-13/h3-5,7H,6H2,1-2H3. The van der Waals surface area contributed by atoms with E-state index >= 15 is 0 Å². The smallest absolute Gasteiger partial charge is 0.180 e. The Morgan fingerprint density at radius 1 is 1.41 bits per heavy atom. The Kier molecular flexibility index (Phi) is 3.60. The summed E-state index contributed by atoms with van der Waals surface area (Å²) in [5.74, 6) is 0.0369. The van der Waals surface area contributed by atoms with Gasteiger partial charge in [-0.1, -0.05) is 17.7 Å². The van der Waals surface area contributed by atoms with Gasteiger partial charge < -0.3 is 0 Å². The van der Waals surface area contributed by atoms with Gasteiger partial charge in [0.1, 0.15) is 0 Å². The van der Waals surface area contributed by atoms with Crippen LogP contribution in [0.2, 0.25) is 5.02 Å². The van der Waals surface area contributed by atoms with Gasteiger partial charge in [0.2, 0.25) is 0 Å². The van der Waals surface area contributed by atoms with E-state index in [4.69, 9.17) is 11.6 Å². The van der Waals surface area contributed by atoms with Crippen LogP contribution in [-0.4, -0.2) is 10.8 Å². The summed E-state index contributed by atoms with van der Waals surface area (Å²) < 4.78 is 0. The molecule has 2 aromatic heterocycles. The molecule has 0 aromatic carbocycles. The minimum Gasteiger partial charge on any atom is -0.293 e. The summed E-state index contributed by atoms with van der Waals surface area (Å²) in [7, 11) is 0. The van der Waals surface area contributed by atoms with Crippen molar-refractivity contribution in [1.29, 1.82) is 0 Å². The van der Waals surface area contributed by atoms with E-state index in [1.54, 1.807) is 6.20 Å². The number of nitrogens with zero attached hydrogens (tertiary/aromatic N) is 1. The summed E-state index contributed by atoms with van der Waals surface area (Å²) >= 11 is 7.48. The number of rotatable bonds is 3. The number of aryl methyl sites for hydroxylation is 2. The molecule has 4 heteroatoms. The van der Waals surface area contributed by atoms with Crippen LogP contribution in [-0.2, 0) is 6.42 Å². The lowest BCUT2D eigenvalue weighted by Crippen LogP contribution is -2.05. The van der Waals surface area contributed by atoms with E-state index in [2.05, 4.69) is 4.98 Å². The minimum atomic E-state index is 0.0369. The zero-order chi connectivity index (χ0) is 12.4. The molecule has 0 spiro atoms. The summed E-state index contributed by atoms with van der Waals surface area (Å²) in [5.41, 5.74) is 2.81. The molecular formula is C13H12ClNOS. The van der Waals surface area contributed by atoms with Crippen molar-refractivity contribution in [2.24, 2.45) is 0 Å². The van der Waals surface area contributed by atoms with Gasteiger partial charge in [0, 0.05) is 6.20 Å². The zero-order valence-corrected chi connectivity index (χ0v) is 11.2. The summed E-state index contributed by atoms with van der Waals surface area (Å²) in [6.07, 6.45) is 2.02. The quantitative estimate of drug-likeness (QED) is 0.790. The third-order valence-corrected chi connectivity index (χ3v) is 4.34. The first-order valence-corrected chi connectivity index (χ1v) is 6.52. The van der Waals surface area contributed by atoms with Crippen molar-refractivity contribution in [3.05, 3.63) is 50.4 Å². The molecule has 0 radical (unpaired) electrons. The highest BCUT2D eigenvalue weighted by Crippen LogP contribution is 2.28. The fourth-order valence-electron chi connectivity index (χ4n) is 1.55. The molecule has 0 N–H and O–H groups in total. The number of hydrogen-bond donors (Lipinski definition) is 0. The van der Waals surface area contributed by atoms with Crippen LogP contribution in [0.4, 0.5) is 0 Å². The Morgan fingerprint density at radius 3 is 2.76 bits per heavy atom. The summed E-state index contributed by atoms with van der Waals surface area (Å²) in [6, 6.07) is 3.82. The Labute approximate surface area is 109 Å². The number of ketones is 1.